The van der Waals surface area contributed by atoms with Gasteiger partial charge in [0, 0.05) is 11.8 Å². The molecule has 0 amide bonds. The molecule has 1 aliphatic rings. The van der Waals surface area contributed by atoms with Crippen molar-refractivity contribution >= 4 is 22.1 Å². The summed E-state index contributed by atoms with van der Waals surface area (Å²) >= 11 is 3.40. The Morgan fingerprint density at radius 3 is 3.18 bits per heavy atom. The molecule has 0 fully saturated rings. The van der Waals surface area contributed by atoms with Crippen molar-refractivity contribution in [2.45, 2.75) is 0 Å². The third-order valence-electron chi connectivity index (χ3n) is 1.51. The first-order valence-electron chi connectivity index (χ1n) is 3.29. The lowest BCUT2D eigenvalue weighted by molar-refractivity contribution is 0.324. The van der Waals surface area contributed by atoms with Crippen LogP contribution in [0.1, 0.15) is 5.56 Å². The third kappa shape index (κ3) is 1.16. The van der Waals surface area contributed by atoms with E-state index in [9.17, 15) is 0 Å². The van der Waals surface area contributed by atoms with E-state index in [-0.39, 0.29) is 0 Å². The quantitative estimate of drug-likeness (QED) is 0.646. The van der Waals surface area contributed by atoms with Gasteiger partial charge in [-0.2, -0.15) is 0 Å². The Labute approximate surface area is 73.0 Å². The molecule has 1 aromatic rings. The summed E-state index contributed by atoms with van der Waals surface area (Å²) < 4.78 is 6.30. The third-order valence-corrected chi connectivity index (χ3v) is 2.14. The second-order valence-corrected chi connectivity index (χ2v) is 3.10. The maximum Gasteiger partial charge on any atom is 0.179 e. The van der Waals surface area contributed by atoms with Crippen molar-refractivity contribution < 1.29 is 4.74 Å². The van der Waals surface area contributed by atoms with Gasteiger partial charge in [0.2, 0.25) is 0 Å². The molecule has 56 valence electrons. The maximum atomic E-state index is 5.31. The number of benzene rings is 1. The van der Waals surface area contributed by atoms with Gasteiger partial charge in [-0.25, -0.2) is 0 Å². The molecule has 0 bridgehead atoms. The van der Waals surface area contributed by atoms with Gasteiger partial charge in [0.1, 0.15) is 5.75 Å². The van der Waals surface area contributed by atoms with Gasteiger partial charge in [-0.15, -0.1) is 0 Å². The first kappa shape index (κ1) is 6.85. The predicted octanol–water partition coefficient (Wildman–Crippen LogP) is 2.22. The maximum absolute atomic E-state index is 5.31. The molecule has 0 spiro atoms. The van der Waals surface area contributed by atoms with E-state index in [0.717, 1.165) is 15.8 Å². The zero-order chi connectivity index (χ0) is 7.68. The van der Waals surface area contributed by atoms with Crippen molar-refractivity contribution in [3.05, 3.63) is 28.2 Å². The normalized spacial score (nSPS) is 13.9. The first-order chi connectivity index (χ1) is 5.38. The molecule has 0 N–H and O–H groups in total. The van der Waals surface area contributed by atoms with Gasteiger partial charge >= 0.3 is 0 Å². The molecule has 1 aliphatic heterocycles. The molecule has 2 nitrogen and oxygen atoms in total. The Bertz CT molecular complexity index is 309. The zero-order valence-corrected chi connectivity index (χ0v) is 7.34. The van der Waals surface area contributed by atoms with E-state index in [1.165, 1.54) is 0 Å². The molecule has 0 aliphatic carbocycles. The second-order valence-electron chi connectivity index (χ2n) is 2.24. The van der Waals surface area contributed by atoms with E-state index in [1.807, 2.05) is 24.4 Å². The molecule has 0 saturated heterocycles. The van der Waals surface area contributed by atoms with Crippen molar-refractivity contribution in [1.82, 2.24) is 0 Å². The highest BCUT2D eigenvalue weighted by Gasteiger charge is 2.08. The molecule has 1 aromatic carbocycles. The molecule has 0 atom stereocenters. The van der Waals surface area contributed by atoms with Gasteiger partial charge in [0.25, 0.3) is 0 Å². The second kappa shape index (κ2) is 2.66. The van der Waals surface area contributed by atoms with Crippen LogP contribution in [-0.2, 0) is 0 Å². The van der Waals surface area contributed by atoms with Crippen LogP contribution in [0.5, 0.6) is 5.75 Å². The number of aliphatic imine (C=N–C) groups is 1. The molecule has 1 heterocycles. The average Bonchev–Trinajstić information content (AvgIpc) is 2.06. The van der Waals surface area contributed by atoms with E-state index in [0.29, 0.717) is 6.73 Å². The molecule has 0 aromatic heterocycles. The molecule has 0 saturated carbocycles. The average molecular weight is 212 g/mol. The van der Waals surface area contributed by atoms with Crippen LogP contribution >= 0.6 is 15.9 Å². The van der Waals surface area contributed by atoms with E-state index in [1.54, 1.807) is 0 Å². The smallest absolute Gasteiger partial charge is 0.179 e. The van der Waals surface area contributed by atoms with Gasteiger partial charge in [0.05, 0.1) is 4.47 Å². The lowest BCUT2D eigenvalue weighted by Crippen LogP contribution is -2.03. The Morgan fingerprint density at radius 1 is 1.45 bits per heavy atom. The topological polar surface area (TPSA) is 21.6 Å². The van der Waals surface area contributed by atoms with Crippen LogP contribution < -0.4 is 4.74 Å². The highest BCUT2D eigenvalue weighted by Crippen LogP contribution is 2.29. The Balaban J connectivity index is 2.60. The standard InChI is InChI=1S/C8H6BrNO/c9-7-3-1-2-6-4-10-5-11-8(6)7/h1-4H,5H2. The fourth-order valence-electron chi connectivity index (χ4n) is 1.02. The van der Waals surface area contributed by atoms with Crippen LogP contribution in [0.3, 0.4) is 0 Å². The molecule has 0 unspecified atom stereocenters. The van der Waals surface area contributed by atoms with Gasteiger partial charge < -0.3 is 4.74 Å². The van der Waals surface area contributed by atoms with E-state index in [2.05, 4.69) is 20.9 Å². The number of hydrogen-bond acceptors (Lipinski definition) is 2. The fourth-order valence-corrected chi connectivity index (χ4v) is 1.51. The number of ether oxygens (including phenoxy) is 1. The summed E-state index contributed by atoms with van der Waals surface area (Å²) in [6.45, 7) is 0.426. The summed E-state index contributed by atoms with van der Waals surface area (Å²) in [4.78, 5) is 3.99. The van der Waals surface area contributed by atoms with Crippen molar-refractivity contribution in [3.63, 3.8) is 0 Å². The molecule has 3 heteroatoms. The number of rotatable bonds is 0. The van der Waals surface area contributed by atoms with Crippen LogP contribution in [0.4, 0.5) is 0 Å². The lowest BCUT2D eigenvalue weighted by Gasteiger charge is -2.12. The minimum Gasteiger partial charge on any atom is -0.469 e. The van der Waals surface area contributed by atoms with Crippen LogP contribution in [-0.4, -0.2) is 12.9 Å². The van der Waals surface area contributed by atoms with Gasteiger partial charge in [0.15, 0.2) is 6.73 Å². The van der Waals surface area contributed by atoms with Crippen LogP contribution in [0, 0.1) is 0 Å². The molecule has 2 rings (SSSR count). The van der Waals surface area contributed by atoms with Crippen molar-refractivity contribution in [1.29, 1.82) is 0 Å². The van der Waals surface area contributed by atoms with Crippen LogP contribution in [0.2, 0.25) is 0 Å². The molecular formula is C8H6BrNO. The molecule has 11 heavy (non-hydrogen) atoms. The predicted molar refractivity (Wildman–Crippen MR) is 47.2 cm³/mol. The number of fused-ring (bicyclic) bond motifs is 1. The highest BCUT2D eigenvalue weighted by molar-refractivity contribution is 9.10. The summed E-state index contributed by atoms with van der Waals surface area (Å²) in [6, 6.07) is 5.89. The fraction of sp³-hybridized carbons (Fsp3) is 0.125. The Kier molecular flexibility index (Phi) is 1.66. The van der Waals surface area contributed by atoms with Gasteiger partial charge in [-0.3, -0.25) is 4.99 Å². The highest BCUT2D eigenvalue weighted by atomic mass is 79.9. The van der Waals surface area contributed by atoms with Crippen molar-refractivity contribution in [3.8, 4) is 5.75 Å². The summed E-state index contributed by atoms with van der Waals surface area (Å²) in [6.07, 6.45) is 1.82. The summed E-state index contributed by atoms with van der Waals surface area (Å²) in [5, 5.41) is 0. The lowest BCUT2D eigenvalue weighted by atomic mass is 10.2. The Morgan fingerprint density at radius 2 is 2.36 bits per heavy atom. The SMILES string of the molecule is Brc1cccc2c1OCN=C2. The first-order valence-corrected chi connectivity index (χ1v) is 4.08. The Hall–Kier alpha value is -0.830. The van der Waals surface area contributed by atoms with Gasteiger partial charge in [-0.1, -0.05) is 6.07 Å². The van der Waals surface area contributed by atoms with Crippen LogP contribution in [0.15, 0.2) is 27.7 Å². The summed E-state index contributed by atoms with van der Waals surface area (Å²) in [5.74, 6) is 0.891. The van der Waals surface area contributed by atoms with E-state index in [4.69, 9.17) is 4.74 Å². The number of hydrogen-bond donors (Lipinski definition) is 0. The number of halogens is 1. The molecular weight excluding hydrogens is 206 g/mol. The minimum atomic E-state index is 0.426. The zero-order valence-electron chi connectivity index (χ0n) is 5.75. The van der Waals surface area contributed by atoms with E-state index >= 15 is 0 Å². The van der Waals surface area contributed by atoms with Crippen molar-refractivity contribution in [2.24, 2.45) is 4.99 Å². The van der Waals surface area contributed by atoms with Crippen LogP contribution in [0.25, 0.3) is 0 Å². The summed E-state index contributed by atoms with van der Waals surface area (Å²) in [5.41, 5.74) is 1.03. The molecule has 0 radical (unpaired) electrons. The number of nitrogens with zero attached hydrogens (tertiary/aromatic N) is 1. The largest absolute Gasteiger partial charge is 0.469 e. The van der Waals surface area contributed by atoms with E-state index < -0.39 is 0 Å². The minimum absolute atomic E-state index is 0.426. The van der Waals surface area contributed by atoms with Crippen molar-refractivity contribution in [2.75, 3.05) is 6.73 Å². The van der Waals surface area contributed by atoms with Gasteiger partial charge in [-0.05, 0) is 28.1 Å². The monoisotopic (exact) mass is 211 g/mol. The summed E-state index contributed by atoms with van der Waals surface area (Å²) in [7, 11) is 0. The number of para-hydroxylation sites is 1.